The molecule has 0 bridgehead atoms. The molecule has 1 aromatic carbocycles. The maximum Gasteiger partial charge on any atom is 0.0566 e. The molecule has 5 heterocycles. The van der Waals surface area contributed by atoms with E-state index in [1.165, 1.54) is 50.8 Å². The fourth-order valence-corrected chi connectivity index (χ4v) is 4.89. The molecule has 0 atom stereocenters. The van der Waals surface area contributed by atoms with Gasteiger partial charge in [0.15, 0.2) is 0 Å². The number of fused-ring (bicyclic) bond motifs is 7. The molecule has 0 radical (unpaired) electrons. The van der Waals surface area contributed by atoms with Crippen LogP contribution in [0.3, 0.4) is 0 Å². The fraction of sp³-hybridized carbons (Fsp3) is 0.182. The van der Waals surface area contributed by atoms with Gasteiger partial charge in [0, 0.05) is 59.6 Å². The van der Waals surface area contributed by atoms with E-state index in [0.717, 1.165) is 12.8 Å². The lowest BCUT2D eigenvalue weighted by Crippen LogP contribution is -2.08. The zero-order valence-electron chi connectivity index (χ0n) is 14.5. The van der Waals surface area contributed by atoms with Crippen LogP contribution in [-0.4, -0.2) is 13.7 Å². The summed E-state index contributed by atoms with van der Waals surface area (Å²) in [6.07, 6.45) is 8.66. The number of hydrogen-bond donors (Lipinski definition) is 0. The molecule has 6 rings (SSSR count). The molecule has 0 N–H and O–H groups in total. The number of aromatic nitrogens is 3. The summed E-state index contributed by atoms with van der Waals surface area (Å²) in [6.45, 7) is 4.48. The van der Waals surface area contributed by atoms with Crippen molar-refractivity contribution in [3.8, 4) is 17.1 Å². The standard InChI is InChI=1S/C22H19N3/c1-14-6-3-9-23(14)20-15(2)21-19(12-16-7-4-10-24(16)21)22-18(20)13-17-8-5-11-25(17)22/h3-11H,12-13H2,1-2H3. The molecule has 3 aromatic heterocycles. The van der Waals surface area contributed by atoms with Crippen molar-refractivity contribution in [3.63, 3.8) is 0 Å². The fourth-order valence-electron chi connectivity index (χ4n) is 4.89. The van der Waals surface area contributed by atoms with Gasteiger partial charge in [0.2, 0.25) is 0 Å². The Morgan fingerprint density at radius 3 is 1.76 bits per heavy atom. The maximum atomic E-state index is 2.41. The van der Waals surface area contributed by atoms with Crippen LogP contribution < -0.4 is 0 Å². The molecule has 3 heteroatoms. The first-order valence-corrected chi connectivity index (χ1v) is 8.90. The predicted octanol–water partition coefficient (Wildman–Crippen LogP) is 4.48. The van der Waals surface area contributed by atoms with Gasteiger partial charge < -0.3 is 13.7 Å². The second-order valence-corrected chi connectivity index (χ2v) is 7.24. The number of nitrogens with zero attached hydrogens (tertiary/aromatic N) is 3. The summed E-state index contributed by atoms with van der Waals surface area (Å²) >= 11 is 0. The highest BCUT2D eigenvalue weighted by molar-refractivity contribution is 5.76. The van der Waals surface area contributed by atoms with Gasteiger partial charge in [-0.15, -0.1) is 0 Å². The minimum atomic E-state index is 1.01. The maximum absolute atomic E-state index is 2.41. The molecule has 4 aromatic rings. The number of rotatable bonds is 1. The van der Waals surface area contributed by atoms with E-state index in [4.69, 9.17) is 0 Å². The first kappa shape index (κ1) is 13.4. The molecule has 2 aliphatic rings. The van der Waals surface area contributed by atoms with Crippen LogP contribution in [0.15, 0.2) is 55.0 Å². The minimum Gasteiger partial charge on any atom is -0.320 e. The van der Waals surface area contributed by atoms with Crippen molar-refractivity contribution in [2.24, 2.45) is 0 Å². The lowest BCUT2D eigenvalue weighted by molar-refractivity contribution is 0.964. The van der Waals surface area contributed by atoms with Crippen LogP contribution in [0.5, 0.6) is 0 Å². The normalized spacial score (nSPS) is 13.7. The van der Waals surface area contributed by atoms with E-state index in [9.17, 15) is 0 Å². The van der Waals surface area contributed by atoms with Gasteiger partial charge >= 0.3 is 0 Å². The molecule has 0 saturated heterocycles. The van der Waals surface area contributed by atoms with E-state index in [1.54, 1.807) is 0 Å². The van der Waals surface area contributed by atoms with Crippen molar-refractivity contribution in [1.29, 1.82) is 0 Å². The molecule has 3 nitrogen and oxygen atoms in total. The van der Waals surface area contributed by atoms with Crippen LogP contribution in [0, 0.1) is 13.8 Å². The van der Waals surface area contributed by atoms with E-state index in [-0.39, 0.29) is 0 Å². The largest absolute Gasteiger partial charge is 0.320 e. The first-order chi connectivity index (χ1) is 12.2. The molecular formula is C22H19N3. The van der Waals surface area contributed by atoms with E-state index < -0.39 is 0 Å². The highest BCUT2D eigenvalue weighted by Gasteiger charge is 2.33. The Balaban J connectivity index is 1.79. The minimum absolute atomic E-state index is 1.01. The van der Waals surface area contributed by atoms with Gasteiger partial charge in [-0.1, -0.05) is 0 Å². The monoisotopic (exact) mass is 325 g/mol. The summed E-state index contributed by atoms with van der Waals surface area (Å²) in [5, 5.41) is 0. The molecule has 0 aliphatic carbocycles. The lowest BCUT2D eigenvalue weighted by Gasteiger charge is -2.21. The Morgan fingerprint density at radius 2 is 1.16 bits per heavy atom. The van der Waals surface area contributed by atoms with Gasteiger partial charge in [-0.25, -0.2) is 0 Å². The van der Waals surface area contributed by atoms with E-state index in [2.05, 4.69) is 82.5 Å². The Hall–Kier alpha value is -2.94. The lowest BCUT2D eigenvalue weighted by atomic mass is 9.96. The highest BCUT2D eigenvalue weighted by Crippen LogP contribution is 2.45. The summed E-state index contributed by atoms with van der Waals surface area (Å²) in [6, 6.07) is 13.2. The molecule has 0 unspecified atom stereocenters. The van der Waals surface area contributed by atoms with Crippen molar-refractivity contribution >= 4 is 0 Å². The predicted molar refractivity (Wildman–Crippen MR) is 99.5 cm³/mol. The Morgan fingerprint density at radius 1 is 0.640 bits per heavy atom. The van der Waals surface area contributed by atoms with Crippen LogP contribution in [0.1, 0.15) is 33.8 Å². The number of hydrogen-bond acceptors (Lipinski definition) is 0. The zero-order valence-corrected chi connectivity index (χ0v) is 14.5. The summed E-state index contributed by atoms with van der Waals surface area (Å²) in [5.74, 6) is 0. The highest BCUT2D eigenvalue weighted by atomic mass is 15.1. The summed E-state index contributed by atoms with van der Waals surface area (Å²) in [7, 11) is 0. The second kappa shape index (κ2) is 4.37. The average molecular weight is 325 g/mol. The molecule has 122 valence electrons. The molecule has 25 heavy (non-hydrogen) atoms. The quantitative estimate of drug-likeness (QED) is 0.423. The van der Waals surface area contributed by atoms with Crippen LogP contribution in [-0.2, 0) is 12.8 Å². The van der Waals surface area contributed by atoms with Crippen molar-refractivity contribution in [3.05, 3.63) is 88.8 Å². The van der Waals surface area contributed by atoms with Gasteiger partial charge in [0.25, 0.3) is 0 Å². The number of benzene rings is 1. The van der Waals surface area contributed by atoms with Gasteiger partial charge in [-0.3, -0.25) is 0 Å². The third-order valence-corrected chi connectivity index (χ3v) is 5.91. The van der Waals surface area contributed by atoms with E-state index in [0.29, 0.717) is 0 Å². The van der Waals surface area contributed by atoms with Crippen molar-refractivity contribution in [1.82, 2.24) is 13.7 Å². The second-order valence-electron chi connectivity index (χ2n) is 7.24. The van der Waals surface area contributed by atoms with Gasteiger partial charge in [0.1, 0.15) is 0 Å². The van der Waals surface area contributed by atoms with Crippen LogP contribution in [0.25, 0.3) is 17.1 Å². The van der Waals surface area contributed by atoms with Crippen molar-refractivity contribution < 1.29 is 0 Å². The van der Waals surface area contributed by atoms with Gasteiger partial charge in [0.05, 0.1) is 17.1 Å². The third-order valence-electron chi connectivity index (χ3n) is 5.91. The molecule has 0 spiro atoms. The number of aryl methyl sites for hydroxylation is 1. The van der Waals surface area contributed by atoms with E-state index in [1.807, 2.05) is 0 Å². The Kier molecular flexibility index (Phi) is 2.33. The van der Waals surface area contributed by atoms with Gasteiger partial charge in [-0.2, -0.15) is 0 Å². The van der Waals surface area contributed by atoms with Crippen molar-refractivity contribution in [2.75, 3.05) is 0 Å². The Bertz CT molecular complexity index is 1170. The Labute approximate surface area is 146 Å². The molecular weight excluding hydrogens is 306 g/mol. The zero-order chi connectivity index (χ0) is 16.7. The molecule has 0 saturated carbocycles. The molecule has 2 aliphatic heterocycles. The third kappa shape index (κ3) is 1.52. The summed E-state index contributed by atoms with van der Waals surface area (Å²) in [4.78, 5) is 0. The van der Waals surface area contributed by atoms with Crippen LogP contribution in [0.2, 0.25) is 0 Å². The molecule has 0 amide bonds. The molecule has 0 fully saturated rings. The van der Waals surface area contributed by atoms with Crippen LogP contribution >= 0.6 is 0 Å². The van der Waals surface area contributed by atoms with Crippen molar-refractivity contribution in [2.45, 2.75) is 26.7 Å². The van der Waals surface area contributed by atoms with E-state index >= 15 is 0 Å². The SMILES string of the molecule is Cc1c(-n2cccc2C)c2c(c3c1-n1cccc1C3)-n1cccc1C2. The smallest absolute Gasteiger partial charge is 0.0566 e. The summed E-state index contributed by atoms with van der Waals surface area (Å²) in [5.41, 5.74) is 12.6. The summed E-state index contributed by atoms with van der Waals surface area (Å²) < 4.78 is 7.15. The first-order valence-electron chi connectivity index (χ1n) is 8.90. The topological polar surface area (TPSA) is 14.8 Å². The average Bonchev–Trinajstić information content (AvgIpc) is 3.32. The van der Waals surface area contributed by atoms with Gasteiger partial charge in [-0.05, 0) is 55.8 Å². The van der Waals surface area contributed by atoms with Crippen LogP contribution in [0.4, 0.5) is 0 Å².